The minimum absolute atomic E-state index is 0.0355. The standard InChI is InChI=1S/C12H9FO3S/c1-8(14)17-6-2-3-9-4-5-10(12(15)16)11(13)7-9/h4-5,7H,6H2,1H3,(H,15,16). The number of carbonyl (C=O) groups is 2. The van der Waals surface area contributed by atoms with Crippen molar-refractivity contribution in [2.45, 2.75) is 6.92 Å². The third-order valence-corrected chi connectivity index (χ3v) is 2.48. The summed E-state index contributed by atoms with van der Waals surface area (Å²) < 4.78 is 13.2. The Bertz CT molecular complexity index is 514. The maximum absolute atomic E-state index is 13.2. The van der Waals surface area contributed by atoms with Gasteiger partial charge in [-0.3, -0.25) is 4.79 Å². The lowest BCUT2D eigenvalue weighted by atomic mass is 10.1. The summed E-state index contributed by atoms with van der Waals surface area (Å²) in [6.07, 6.45) is 0. The Balaban J connectivity index is 2.77. The molecule has 0 fully saturated rings. The Labute approximate surface area is 102 Å². The molecule has 0 bridgehead atoms. The molecule has 0 saturated carbocycles. The molecule has 88 valence electrons. The Morgan fingerprint density at radius 3 is 2.71 bits per heavy atom. The second kappa shape index (κ2) is 6.06. The molecule has 0 heterocycles. The van der Waals surface area contributed by atoms with Gasteiger partial charge in [0.25, 0.3) is 0 Å². The first kappa shape index (κ1) is 13.3. The molecule has 1 rings (SSSR count). The van der Waals surface area contributed by atoms with E-state index in [1.165, 1.54) is 19.1 Å². The number of hydrogen-bond donors (Lipinski definition) is 1. The average molecular weight is 252 g/mol. The topological polar surface area (TPSA) is 54.4 Å². The van der Waals surface area contributed by atoms with Gasteiger partial charge in [0.2, 0.25) is 0 Å². The number of thioether (sulfide) groups is 1. The molecule has 17 heavy (non-hydrogen) atoms. The van der Waals surface area contributed by atoms with E-state index in [1.54, 1.807) is 0 Å². The summed E-state index contributed by atoms with van der Waals surface area (Å²) in [6, 6.07) is 3.66. The van der Waals surface area contributed by atoms with E-state index in [4.69, 9.17) is 5.11 Å². The van der Waals surface area contributed by atoms with Gasteiger partial charge >= 0.3 is 5.97 Å². The molecule has 1 aromatic carbocycles. The number of rotatable bonds is 2. The fourth-order valence-corrected chi connectivity index (χ4v) is 1.39. The van der Waals surface area contributed by atoms with Gasteiger partial charge in [-0.1, -0.05) is 23.6 Å². The molecule has 0 aliphatic heterocycles. The van der Waals surface area contributed by atoms with Gasteiger partial charge in [-0.05, 0) is 18.2 Å². The molecule has 1 aromatic rings. The van der Waals surface area contributed by atoms with Crippen LogP contribution in [0.1, 0.15) is 22.8 Å². The van der Waals surface area contributed by atoms with Crippen molar-refractivity contribution in [3.05, 3.63) is 35.1 Å². The molecule has 0 radical (unpaired) electrons. The zero-order valence-electron chi connectivity index (χ0n) is 8.99. The van der Waals surface area contributed by atoms with Gasteiger partial charge in [0.1, 0.15) is 5.82 Å². The summed E-state index contributed by atoms with van der Waals surface area (Å²) in [5, 5.41) is 8.58. The fourth-order valence-electron chi connectivity index (χ4n) is 1.04. The average Bonchev–Trinajstić information content (AvgIpc) is 2.23. The van der Waals surface area contributed by atoms with Crippen LogP contribution in [0.3, 0.4) is 0 Å². The summed E-state index contributed by atoms with van der Waals surface area (Å²) in [7, 11) is 0. The number of carbonyl (C=O) groups excluding carboxylic acids is 1. The maximum Gasteiger partial charge on any atom is 0.338 e. The number of carboxylic acid groups (broad SMARTS) is 1. The number of benzene rings is 1. The lowest BCUT2D eigenvalue weighted by Gasteiger charge is -1.97. The van der Waals surface area contributed by atoms with Crippen molar-refractivity contribution >= 4 is 22.8 Å². The van der Waals surface area contributed by atoms with Crippen LogP contribution in [-0.4, -0.2) is 21.9 Å². The quantitative estimate of drug-likeness (QED) is 0.819. The SMILES string of the molecule is CC(=O)SCC#Cc1ccc(C(=O)O)c(F)c1. The third kappa shape index (κ3) is 4.29. The summed E-state index contributed by atoms with van der Waals surface area (Å²) in [5.74, 6) is 3.54. The van der Waals surface area contributed by atoms with E-state index in [-0.39, 0.29) is 10.7 Å². The van der Waals surface area contributed by atoms with Gasteiger partial charge in [0.05, 0.1) is 11.3 Å². The molecule has 0 saturated heterocycles. The van der Waals surface area contributed by atoms with Crippen molar-refractivity contribution in [2.24, 2.45) is 0 Å². The molecule has 0 aromatic heterocycles. The first-order valence-corrected chi connectivity index (χ1v) is 5.64. The van der Waals surface area contributed by atoms with Crippen LogP contribution in [0.2, 0.25) is 0 Å². The number of hydrogen-bond acceptors (Lipinski definition) is 3. The smallest absolute Gasteiger partial charge is 0.338 e. The molecule has 0 aliphatic rings. The van der Waals surface area contributed by atoms with E-state index in [2.05, 4.69) is 11.8 Å². The molecule has 0 amide bonds. The minimum atomic E-state index is -1.31. The zero-order chi connectivity index (χ0) is 12.8. The highest BCUT2D eigenvalue weighted by atomic mass is 32.2. The predicted molar refractivity (Wildman–Crippen MR) is 63.4 cm³/mol. The fraction of sp³-hybridized carbons (Fsp3) is 0.167. The first-order valence-electron chi connectivity index (χ1n) is 4.66. The van der Waals surface area contributed by atoms with E-state index in [0.717, 1.165) is 17.8 Å². The molecule has 0 unspecified atom stereocenters. The van der Waals surface area contributed by atoms with Crippen molar-refractivity contribution in [2.75, 3.05) is 5.75 Å². The Morgan fingerprint density at radius 2 is 2.18 bits per heavy atom. The van der Waals surface area contributed by atoms with Crippen LogP contribution in [0.15, 0.2) is 18.2 Å². The van der Waals surface area contributed by atoms with Crippen molar-refractivity contribution in [3.63, 3.8) is 0 Å². The van der Waals surface area contributed by atoms with Gasteiger partial charge in [0, 0.05) is 12.5 Å². The van der Waals surface area contributed by atoms with Crippen LogP contribution in [-0.2, 0) is 4.79 Å². The Morgan fingerprint density at radius 1 is 1.47 bits per heavy atom. The van der Waals surface area contributed by atoms with Crippen LogP contribution in [0, 0.1) is 17.7 Å². The summed E-state index contributed by atoms with van der Waals surface area (Å²) in [6.45, 7) is 1.44. The molecule has 0 spiro atoms. The van der Waals surface area contributed by atoms with Crippen molar-refractivity contribution in [1.29, 1.82) is 0 Å². The molecular formula is C12H9FO3S. The molecule has 0 aliphatic carbocycles. The summed E-state index contributed by atoms with van der Waals surface area (Å²) >= 11 is 1.06. The van der Waals surface area contributed by atoms with Gasteiger partial charge < -0.3 is 5.11 Å². The zero-order valence-corrected chi connectivity index (χ0v) is 9.81. The monoisotopic (exact) mass is 252 g/mol. The second-order valence-corrected chi connectivity index (χ2v) is 4.23. The summed E-state index contributed by atoms with van der Waals surface area (Å²) in [4.78, 5) is 21.2. The molecule has 0 atom stereocenters. The van der Waals surface area contributed by atoms with Crippen molar-refractivity contribution in [1.82, 2.24) is 0 Å². The van der Waals surface area contributed by atoms with Crippen molar-refractivity contribution in [3.8, 4) is 11.8 Å². The van der Waals surface area contributed by atoms with Crippen LogP contribution >= 0.6 is 11.8 Å². The lowest BCUT2D eigenvalue weighted by Crippen LogP contribution is -2.00. The van der Waals surface area contributed by atoms with E-state index in [9.17, 15) is 14.0 Å². The van der Waals surface area contributed by atoms with E-state index in [1.807, 2.05) is 0 Å². The second-order valence-electron chi connectivity index (χ2n) is 3.08. The number of aromatic carboxylic acids is 1. The number of halogens is 1. The lowest BCUT2D eigenvalue weighted by molar-refractivity contribution is -0.109. The highest BCUT2D eigenvalue weighted by Crippen LogP contribution is 2.09. The summed E-state index contributed by atoms with van der Waals surface area (Å²) in [5.41, 5.74) is 0.00492. The first-order chi connectivity index (χ1) is 8.00. The largest absolute Gasteiger partial charge is 0.478 e. The Kier molecular flexibility index (Phi) is 4.73. The third-order valence-electron chi connectivity index (χ3n) is 1.78. The predicted octanol–water partition coefficient (Wildman–Crippen LogP) is 2.16. The van der Waals surface area contributed by atoms with Gasteiger partial charge in [-0.25, -0.2) is 9.18 Å². The molecule has 1 N–H and O–H groups in total. The van der Waals surface area contributed by atoms with E-state index < -0.39 is 11.8 Å². The van der Waals surface area contributed by atoms with Crippen LogP contribution in [0.4, 0.5) is 4.39 Å². The van der Waals surface area contributed by atoms with Gasteiger partial charge in [-0.2, -0.15) is 0 Å². The van der Waals surface area contributed by atoms with E-state index in [0.29, 0.717) is 11.3 Å². The van der Waals surface area contributed by atoms with Crippen LogP contribution < -0.4 is 0 Å². The van der Waals surface area contributed by atoms with Gasteiger partial charge in [-0.15, -0.1) is 0 Å². The minimum Gasteiger partial charge on any atom is -0.478 e. The maximum atomic E-state index is 13.2. The number of carboxylic acids is 1. The van der Waals surface area contributed by atoms with Crippen molar-refractivity contribution < 1.29 is 19.1 Å². The van der Waals surface area contributed by atoms with Crippen LogP contribution in [0.25, 0.3) is 0 Å². The molecular weight excluding hydrogens is 243 g/mol. The normalized spacial score (nSPS) is 9.29. The van der Waals surface area contributed by atoms with Crippen LogP contribution in [0.5, 0.6) is 0 Å². The van der Waals surface area contributed by atoms with E-state index >= 15 is 0 Å². The Hall–Kier alpha value is -1.80. The highest BCUT2D eigenvalue weighted by Gasteiger charge is 2.09. The van der Waals surface area contributed by atoms with Gasteiger partial charge in [0.15, 0.2) is 5.12 Å². The molecule has 5 heteroatoms. The molecule has 3 nitrogen and oxygen atoms in total. The highest BCUT2D eigenvalue weighted by molar-refractivity contribution is 8.13.